The quantitative estimate of drug-likeness (QED) is 0.380. The Labute approximate surface area is 158 Å². The molecule has 0 atom stereocenters. The van der Waals surface area contributed by atoms with E-state index in [0.29, 0.717) is 6.61 Å². The maximum Gasteiger partial charge on any atom is 0.297 e. The highest BCUT2D eigenvalue weighted by Gasteiger charge is 2.14. The molecule has 0 unspecified atom stereocenters. The van der Waals surface area contributed by atoms with Crippen LogP contribution in [0.1, 0.15) is 31.9 Å². The minimum atomic E-state index is -3.70. The first-order valence-corrected chi connectivity index (χ1v) is 10.0. The van der Waals surface area contributed by atoms with Crippen LogP contribution in [0.3, 0.4) is 0 Å². The fourth-order valence-electron chi connectivity index (χ4n) is 1.74. The summed E-state index contributed by atoms with van der Waals surface area (Å²) in [5, 5.41) is 0. The van der Waals surface area contributed by atoms with Crippen LogP contribution in [0.25, 0.3) is 0 Å². The molecule has 0 fully saturated rings. The lowest BCUT2D eigenvalue weighted by Crippen LogP contribution is -2.11. The molecule has 0 amide bonds. The maximum atomic E-state index is 11.9. The SMILES string of the molecule is C=CC.CC.Cc1ccc(S(=O)(=O)OCCOCc2ccccc2)cc1. The van der Waals surface area contributed by atoms with E-state index in [2.05, 4.69) is 6.58 Å². The van der Waals surface area contributed by atoms with E-state index in [-0.39, 0.29) is 18.1 Å². The molecule has 2 aromatic rings. The summed E-state index contributed by atoms with van der Waals surface area (Å²) in [7, 11) is -3.70. The van der Waals surface area contributed by atoms with E-state index in [4.69, 9.17) is 8.92 Å². The highest BCUT2D eigenvalue weighted by Crippen LogP contribution is 2.13. The predicted molar refractivity (Wildman–Crippen MR) is 108 cm³/mol. The van der Waals surface area contributed by atoms with Crippen LogP contribution in [0.15, 0.2) is 72.1 Å². The Morgan fingerprint density at radius 3 is 2.04 bits per heavy atom. The second-order valence-electron chi connectivity index (χ2n) is 5.04. The van der Waals surface area contributed by atoms with Crippen molar-refractivity contribution in [1.29, 1.82) is 0 Å². The van der Waals surface area contributed by atoms with E-state index in [0.717, 1.165) is 11.1 Å². The monoisotopic (exact) mass is 378 g/mol. The van der Waals surface area contributed by atoms with Crippen molar-refractivity contribution in [2.45, 2.75) is 39.2 Å². The fourth-order valence-corrected chi connectivity index (χ4v) is 2.63. The van der Waals surface area contributed by atoms with E-state index in [1.165, 1.54) is 12.1 Å². The van der Waals surface area contributed by atoms with Gasteiger partial charge in [-0.1, -0.05) is 68.0 Å². The Bertz CT molecular complexity index is 693. The van der Waals surface area contributed by atoms with Crippen molar-refractivity contribution >= 4 is 10.1 Å². The van der Waals surface area contributed by atoms with Crippen LogP contribution in [0.4, 0.5) is 0 Å². The van der Waals surface area contributed by atoms with E-state index in [1.54, 1.807) is 18.2 Å². The second kappa shape index (κ2) is 14.2. The van der Waals surface area contributed by atoms with Crippen LogP contribution in [0, 0.1) is 6.92 Å². The molecule has 0 spiro atoms. The molecule has 0 aliphatic rings. The molecule has 2 aromatic carbocycles. The summed E-state index contributed by atoms with van der Waals surface area (Å²) in [6.45, 7) is 11.8. The molecule has 0 N–H and O–H groups in total. The minimum Gasteiger partial charge on any atom is -0.374 e. The van der Waals surface area contributed by atoms with Crippen molar-refractivity contribution < 1.29 is 17.3 Å². The molecule has 4 nitrogen and oxygen atoms in total. The van der Waals surface area contributed by atoms with Crippen LogP contribution in [0.5, 0.6) is 0 Å². The van der Waals surface area contributed by atoms with Gasteiger partial charge in [0.1, 0.15) is 0 Å². The predicted octanol–water partition coefficient (Wildman–Crippen LogP) is 5.14. The number of rotatable bonds is 7. The van der Waals surface area contributed by atoms with Crippen LogP contribution in [-0.4, -0.2) is 21.6 Å². The third-order valence-electron chi connectivity index (χ3n) is 2.89. The van der Waals surface area contributed by atoms with Gasteiger partial charge in [0.05, 0.1) is 24.7 Å². The van der Waals surface area contributed by atoms with Gasteiger partial charge in [0.15, 0.2) is 0 Å². The smallest absolute Gasteiger partial charge is 0.297 e. The first-order valence-electron chi connectivity index (χ1n) is 8.64. The molecule has 0 saturated carbocycles. The van der Waals surface area contributed by atoms with Crippen LogP contribution >= 0.6 is 0 Å². The normalized spacial score (nSPS) is 10.0. The lowest BCUT2D eigenvalue weighted by atomic mass is 10.2. The van der Waals surface area contributed by atoms with Gasteiger partial charge in [0.25, 0.3) is 10.1 Å². The topological polar surface area (TPSA) is 52.6 Å². The molecule has 0 aromatic heterocycles. The van der Waals surface area contributed by atoms with Gasteiger partial charge < -0.3 is 4.74 Å². The van der Waals surface area contributed by atoms with Gasteiger partial charge in [-0.2, -0.15) is 8.42 Å². The molecule has 0 saturated heterocycles. The molecule has 0 aliphatic heterocycles. The van der Waals surface area contributed by atoms with Gasteiger partial charge in [-0.15, -0.1) is 6.58 Å². The number of hydrogen-bond acceptors (Lipinski definition) is 4. The number of hydrogen-bond donors (Lipinski definition) is 0. The van der Waals surface area contributed by atoms with Crippen molar-refractivity contribution in [2.75, 3.05) is 13.2 Å². The Hall–Kier alpha value is -1.95. The van der Waals surface area contributed by atoms with E-state index >= 15 is 0 Å². The lowest BCUT2D eigenvalue weighted by molar-refractivity contribution is 0.0908. The van der Waals surface area contributed by atoms with Gasteiger partial charge in [-0.3, -0.25) is 4.18 Å². The van der Waals surface area contributed by atoms with Crippen molar-refractivity contribution in [3.05, 3.63) is 78.4 Å². The van der Waals surface area contributed by atoms with Crippen molar-refractivity contribution in [3.8, 4) is 0 Å². The van der Waals surface area contributed by atoms with Crippen LogP contribution < -0.4 is 0 Å². The van der Waals surface area contributed by atoms with Crippen molar-refractivity contribution in [2.24, 2.45) is 0 Å². The molecular weight excluding hydrogens is 348 g/mol. The summed E-state index contributed by atoms with van der Waals surface area (Å²) in [5.74, 6) is 0. The summed E-state index contributed by atoms with van der Waals surface area (Å²) in [6, 6.07) is 16.2. The fraction of sp³-hybridized carbons (Fsp3) is 0.333. The largest absolute Gasteiger partial charge is 0.374 e. The number of benzene rings is 2. The van der Waals surface area contributed by atoms with Gasteiger partial charge in [-0.05, 0) is 31.5 Å². The zero-order chi connectivity index (χ0) is 19.8. The average molecular weight is 379 g/mol. The lowest BCUT2D eigenvalue weighted by Gasteiger charge is -2.07. The highest BCUT2D eigenvalue weighted by molar-refractivity contribution is 7.86. The third-order valence-corrected chi connectivity index (χ3v) is 4.21. The third kappa shape index (κ3) is 10.1. The molecule has 0 heterocycles. The molecule has 0 aliphatic carbocycles. The Morgan fingerprint density at radius 2 is 1.50 bits per heavy atom. The Kier molecular flexibility index (Phi) is 13.2. The summed E-state index contributed by atoms with van der Waals surface area (Å²) in [5.41, 5.74) is 2.04. The first kappa shape index (κ1) is 24.1. The van der Waals surface area contributed by atoms with Gasteiger partial charge in [-0.25, -0.2) is 0 Å². The second-order valence-corrected chi connectivity index (χ2v) is 6.65. The highest BCUT2D eigenvalue weighted by atomic mass is 32.2. The number of ether oxygens (including phenoxy) is 1. The summed E-state index contributed by atoms with van der Waals surface area (Å²) in [6.07, 6.45) is 1.75. The molecular formula is C21H30O4S. The number of allylic oxidation sites excluding steroid dienone is 1. The molecule has 0 bridgehead atoms. The molecule has 0 radical (unpaired) electrons. The van der Waals surface area contributed by atoms with E-state index < -0.39 is 10.1 Å². The van der Waals surface area contributed by atoms with Crippen molar-refractivity contribution in [1.82, 2.24) is 0 Å². The standard InChI is InChI=1S/C16H18O4S.C3H6.C2H6/c1-14-7-9-16(10-8-14)21(17,18)20-12-11-19-13-15-5-3-2-4-6-15;1-3-2;1-2/h2-10H,11-13H2,1H3;3H,1H2,2H3;1-2H3. The van der Waals surface area contributed by atoms with E-state index in [9.17, 15) is 8.42 Å². The van der Waals surface area contributed by atoms with Crippen LogP contribution in [-0.2, 0) is 25.6 Å². The zero-order valence-electron chi connectivity index (χ0n) is 16.1. The summed E-state index contributed by atoms with van der Waals surface area (Å²) in [4.78, 5) is 0.163. The minimum absolute atomic E-state index is 0.00302. The molecule has 5 heteroatoms. The van der Waals surface area contributed by atoms with Gasteiger partial charge in [0, 0.05) is 0 Å². The summed E-state index contributed by atoms with van der Waals surface area (Å²) < 4.78 is 34.1. The summed E-state index contributed by atoms with van der Waals surface area (Å²) >= 11 is 0. The Morgan fingerprint density at radius 1 is 0.962 bits per heavy atom. The van der Waals surface area contributed by atoms with E-state index in [1.807, 2.05) is 58.0 Å². The first-order chi connectivity index (χ1) is 12.5. The molecule has 144 valence electrons. The molecule has 26 heavy (non-hydrogen) atoms. The molecule has 2 rings (SSSR count). The number of aryl methyl sites for hydroxylation is 1. The van der Waals surface area contributed by atoms with Gasteiger partial charge >= 0.3 is 0 Å². The van der Waals surface area contributed by atoms with Gasteiger partial charge in [0.2, 0.25) is 0 Å². The zero-order valence-corrected chi connectivity index (χ0v) is 17.0. The average Bonchev–Trinajstić information content (AvgIpc) is 2.65. The Balaban J connectivity index is 0.00000113. The van der Waals surface area contributed by atoms with Crippen molar-refractivity contribution in [3.63, 3.8) is 0 Å². The van der Waals surface area contributed by atoms with Crippen LogP contribution in [0.2, 0.25) is 0 Å². The maximum absolute atomic E-state index is 11.9.